The summed E-state index contributed by atoms with van der Waals surface area (Å²) in [7, 11) is 0. The van der Waals surface area contributed by atoms with Crippen LogP contribution >= 0.6 is 0 Å². The van der Waals surface area contributed by atoms with Gasteiger partial charge in [-0.25, -0.2) is 18.7 Å². The topological polar surface area (TPSA) is 69.9 Å². The molecular formula is C26H26F2N4O. The van der Waals surface area contributed by atoms with Gasteiger partial charge in [0.15, 0.2) is 0 Å². The summed E-state index contributed by atoms with van der Waals surface area (Å²) in [6.45, 7) is 8.03. The Bertz CT molecular complexity index is 1110. The standard InChI is InChI=1S/C26H26F2N4O/c1-4-5-6-23(18(2)24-7-10-30-17-31-24)25(33)32-11-8-26(16-29,9-12-32)19(3)20-13-21(27)15-22(28)14-20/h4-7,10,13-15,17,19H,1,8-9,11-12H2,2-3H3/b6-5-,23-18-. The third-order valence-electron chi connectivity index (χ3n) is 6.38. The molecule has 0 aliphatic carbocycles. The van der Waals surface area contributed by atoms with Gasteiger partial charge in [-0.2, -0.15) is 5.26 Å². The molecule has 0 N–H and O–H groups in total. The number of nitrogens with zero attached hydrogens (tertiary/aromatic N) is 4. The van der Waals surface area contributed by atoms with E-state index < -0.39 is 17.0 Å². The molecule has 0 bridgehead atoms. The van der Waals surface area contributed by atoms with Gasteiger partial charge < -0.3 is 4.90 Å². The maximum atomic E-state index is 13.8. The Kier molecular flexibility index (Phi) is 7.49. The molecule has 2 aromatic rings. The van der Waals surface area contributed by atoms with Crippen molar-refractivity contribution >= 4 is 11.5 Å². The average molecular weight is 449 g/mol. The second-order valence-corrected chi connectivity index (χ2v) is 8.21. The number of hydrogen-bond acceptors (Lipinski definition) is 4. The number of halogens is 2. The first-order valence-corrected chi connectivity index (χ1v) is 10.7. The van der Waals surface area contributed by atoms with Crippen molar-refractivity contribution in [1.29, 1.82) is 5.26 Å². The fourth-order valence-corrected chi connectivity index (χ4v) is 4.24. The molecule has 2 heterocycles. The van der Waals surface area contributed by atoms with Crippen LogP contribution < -0.4 is 0 Å². The van der Waals surface area contributed by atoms with Crippen LogP contribution in [0.15, 0.2) is 67.2 Å². The lowest BCUT2D eigenvalue weighted by molar-refractivity contribution is -0.128. The van der Waals surface area contributed by atoms with Crippen molar-refractivity contribution in [1.82, 2.24) is 14.9 Å². The van der Waals surface area contributed by atoms with Crippen LogP contribution in [0.3, 0.4) is 0 Å². The minimum atomic E-state index is -0.820. The maximum absolute atomic E-state index is 13.8. The number of rotatable bonds is 6. The number of benzene rings is 1. The van der Waals surface area contributed by atoms with Gasteiger partial charge in [0.25, 0.3) is 5.91 Å². The van der Waals surface area contributed by atoms with E-state index in [1.165, 1.54) is 18.5 Å². The lowest BCUT2D eigenvalue weighted by Gasteiger charge is -2.41. The predicted octanol–water partition coefficient (Wildman–Crippen LogP) is 5.21. The summed E-state index contributed by atoms with van der Waals surface area (Å²) in [5.41, 5.74) is 1.47. The lowest BCUT2D eigenvalue weighted by Crippen LogP contribution is -2.45. The van der Waals surface area contributed by atoms with Crippen molar-refractivity contribution < 1.29 is 13.6 Å². The number of allylic oxidation sites excluding steroid dienone is 3. The number of aromatic nitrogens is 2. The Balaban J connectivity index is 1.84. The second-order valence-electron chi connectivity index (χ2n) is 8.21. The molecule has 33 heavy (non-hydrogen) atoms. The molecule has 0 saturated carbocycles. The van der Waals surface area contributed by atoms with Crippen molar-refractivity contribution in [3.05, 3.63) is 90.1 Å². The van der Waals surface area contributed by atoms with Crippen molar-refractivity contribution in [2.24, 2.45) is 5.41 Å². The van der Waals surface area contributed by atoms with E-state index in [1.807, 2.05) is 13.8 Å². The molecule has 1 fully saturated rings. The van der Waals surface area contributed by atoms with E-state index in [0.29, 0.717) is 48.3 Å². The van der Waals surface area contributed by atoms with E-state index in [-0.39, 0.29) is 11.8 Å². The molecule has 5 nitrogen and oxygen atoms in total. The number of amides is 1. The van der Waals surface area contributed by atoms with E-state index in [0.717, 1.165) is 6.07 Å². The van der Waals surface area contributed by atoms with Crippen molar-refractivity contribution in [2.75, 3.05) is 13.1 Å². The van der Waals surface area contributed by atoms with E-state index in [2.05, 4.69) is 22.6 Å². The normalized spacial score (nSPS) is 17.2. The quantitative estimate of drug-likeness (QED) is 0.450. The monoisotopic (exact) mass is 448 g/mol. The number of hydrogen-bond donors (Lipinski definition) is 0. The summed E-state index contributed by atoms with van der Waals surface area (Å²) in [5.74, 6) is -1.88. The van der Waals surface area contributed by atoms with Crippen LogP contribution in [0, 0.1) is 28.4 Å². The minimum Gasteiger partial charge on any atom is -0.339 e. The zero-order valence-electron chi connectivity index (χ0n) is 18.8. The van der Waals surface area contributed by atoms with E-state index in [4.69, 9.17) is 0 Å². The Morgan fingerprint density at radius 1 is 1.27 bits per heavy atom. The van der Waals surface area contributed by atoms with E-state index >= 15 is 0 Å². The summed E-state index contributed by atoms with van der Waals surface area (Å²) in [5, 5.41) is 10.0. The van der Waals surface area contributed by atoms with Gasteiger partial charge in [0, 0.05) is 36.8 Å². The molecule has 1 atom stereocenters. The van der Waals surface area contributed by atoms with Gasteiger partial charge in [-0.15, -0.1) is 0 Å². The SMILES string of the molecule is C=C/C=C\C(C(=O)N1CCC(C#N)(C(C)c2cc(F)cc(F)c2)CC1)=C(/C)c1ccncn1. The highest BCUT2D eigenvalue weighted by atomic mass is 19.1. The number of likely N-dealkylation sites (tertiary alicyclic amines) is 1. The first kappa shape index (κ1) is 24.0. The van der Waals surface area contributed by atoms with Crippen molar-refractivity contribution in [3.8, 4) is 6.07 Å². The number of carbonyl (C=O) groups is 1. The minimum absolute atomic E-state index is 0.166. The fourth-order valence-electron chi connectivity index (χ4n) is 4.24. The van der Waals surface area contributed by atoms with Crippen LogP contribution in [0.5, 0.6) is 0 Å². The van der Waals surface area contributed by atoms with Crippen LogP contribution in [0.2, 0.25) is 0 Å². The fraction of sp³-hybridized carbons (Fsp3) is 0.308. The summed E-state index contributed by atoms with van der Waals surface area (Å²) >= 11 is 0. The number of piperidine rings is 1. The highest BCUT2D eigenvalue weighted by Gasteiger charge is 2.42. The molecule has 1 aliphatic rings. The van der Waals surface area contributed by atoms with Gasteiger partial charge in [-0.1, -0.05) is 25.7 Å². The molecule has 7 heteroatoms. The summed E-state index contributed by atoms with van der Waals surface area (Å²) in [4.78, 5) is 23.3. The van der Waals surface area contributed by atoms with Gasteiger partial charge >= 0.3 is 0 Å². The molecule has 1 amide bonds. The van der Waals surface area contributed by atoms with Gasteiger partial charge in [-0.3, -0.25) is 4.79 Å². The number of nitriles is 1. The van der Waals surface area contributed by atoms with Gasteiger partial charge in [0.1, 0.15) is 18.0 Å². The molecule has 170 valence electrons. The van der Waals surface area contributed by atoms with Crippen LogP contribution in [0.4, 0.5) is 8.78 Å². The first-order chi connectivity index (χ1) is 15.8. The molecule has 1 unspecified atom stereocenters. The van der Waals surface area contributed by atoms with Gasteiger partial charge in [-0.05, 0) is 55.2 Å². The Hall–Kier alpha value is -3.66. The average Bonchev–Trinajstić information content (AvgIpc) is 2.83. The Morgan fingerprint density at radius 2 is 1.94 bits per heavy atom. The molecule has 0 radical (unpaired) electrons. The number of carbonyl (C=O) groups excluding carboxylic acids is 1. The summed E-state index contributed by atoms with van der Waals surface area (Å²) in [6.07, 6.45) is 8.84. The van der Waals surface area contributed by atoms with Crippen LogP contribution in [0.25, 0.3) is 5.57 Å². The Morgan fingerprint density at radius 3 is 2.48 bits per heavy atom. The molecule has 1 aromatic carbocycles. The van der Waals surface area contributed by atoms with Crippen molar-refractivity contribution in [2.45, 2.75) is 32.6 Å². The van der Waals surface area contributed by atoms with E-state index in [9.17, 15) is 18.8 Å². The predicted molar refractivity (Wildman–Crippen MR) is 123 cm³/mol. The zero-order chi connectivity index (χ0) is 24.0. The largest absolute Gasteiger partial charge is 0.339 e. The zero-order valence-corrected chi connectivity index (χ0v) is 18.8. The summed E-state index contributed by atoms with van der Waals surface area (Å²) in [6, 6.07) is 7.49. The molecule has 3 rings (SSSR count). The van der Waals surface area contributed by atoms with Crippen molar-refractivity contribution in [3.63, 3.8) is 0 Å². The molecular weight excluding hydrogens is 422 g/mol. The van der Waals surface area contributed by atoms with Crippen LogP contribution in [-0.2, 0) is 4.79 Å². The first-order valence-electron chi connectivity index (χ1n) is 10.7. The summed E-state index contributed by atoms with van der Waals surface area (Å²) < 4.78 is 27.5. The third-order valence-corrected chi connectivity index (χ3v) is 6.38. The second kappa shape index (κ2) is 10.3. The molecule has 1 aliphatic heterocycles. The molecule has 0 spiro atoms. The lowest BCUT2D eigenvalue weighted by atomic mass is 9.68. The van der Waals surface area contributed by atoms with Crippen LogP contribution in [0.1, 0.15) is 43.9 Å². The van der Waals surface area contributed by atoms with Gasteiger partial charge in [0.2, 0.25) is 0 Å². The maximum Gasteiger partial charge on any atom is 0.254 e. The molecule has 1 saturated heterocycles. The molecule has 1 aromatic heterocycles. The highest BCUT2D eigenvalue weighted by molar-refractivity contribution is 6.03. The Labute approximate surface area is 192 Å². The van der Waals surface area contributed by atoms with E-state index in [1.54, 1.807) is 35.4 Å². The highest BCUT2D eigenvalue weighted by Crippen LogP contribution is 2.44. The smallest absolute Gasteiger partial charge is 0.254 e. The van der Waals surface area contributed by atoms with Crippen LogP contribution in [-0.4, -0.2) is 33.9 Å². The van der Waals surface area contributed by atoms with Gasteiger partial charge in [0.05, 0.1) is 17.2 Å². The third kappa shape index (κ3) is 5.23.